The number of carbonyl (C=O) groups is 5. The molecule has 0 bridgehead atoms. The lowest BCUT2D eigenvalue weighted by molar-refractivity contribution is -0.127. The van der Waals surface area contributed by atoms with Gasteiger partial charge in [0, 0.05) is 137 Å². The summed E-state index contributed by atoms with van der Waals surface area (Å²) in [6.45, 7) is 41.1. The highest BCUT2D eigenvalue weighted by atomic mass is 28.3. The van der Waals surface area contributed by atoms with E-state index < -0.39 is 46.4 Å². The number of aromatic nitrogens is 9. The van der Waals surface area contributed by atoms with Crippen LogP contribution in [0.2, 0.25) is 77.1 Å². The Hall–Kier alpha value is -11.6. The number of hydrogen-bond donors (Lipinski definition) is 2. The number of rotatable bonds is 39. The summed E-state index contributed by atoms with van der Waals surface area (Å²) in [4.78, 5) is 87.1. The molecule has 25 heteroatoms. The second kappa shape index (κ2) is 42.2. The van der Waals surface area contributed by atoms with Crippen molar-refractivity contribution < 1.29 is 62.6 Å². The molecule has 0 aliphatic rings. The van der Waals surface area contributed by atoms with E-state index in [1.54, 1.807) is 51.2 Å². The number of pyridine rings is 3. The van der Waals surface area contributed by atoms with Crippen molar-refractivity contribution in [1.82, 2.24) is 43.6 Å². The molecule has 0 amide bonds. The summed E-state index contributed by atoms with van der Waals surface area (Å²) in [7, 11) is -3.64. The highest BCUT2D eigenvalue weighted by Gasteiger charge is 2.28. The lowest BCUT2D eigenvalue weighted by atomic mass is 9.90. The van der Waals surface area contributed by atoms with Gasteiger partial charge < -0.3 is 52.3 Å². The lowest BCUT2D eigenvalue weighted by Gasteiger charge is -2.21. The molecule has 650 valence electrons. The van der Waals surface area contributed by atoms with Crippen LogP contribution in [0, 0.1) is 16.2 Å². The van der Waals surface area contributed by atoms with Gasteiger partial charge in [-0.3, -0.25) is 34.1 Å². The van der Waals surface area contributed by atoms with Gasteiger partial charge in [0.1, 0.15) is 98.4 Å². The van der Waals surface area contributed by atoms with Gasteiger partial charge in [-0.25, -0.2) is 19.7 Å². The number of aliphatic hydroxyl groups excluding tert-OH is 1. The van der Waals surface area contributed by atoms with Crippen molar-refractivity contribution in [2.45, 2.75) is 166 Å². The van der Waals surface area contributed by atoms with Gasteiger partial charge in [-0.2, -0.15) is 0 Å². The van der Waals surface area contributed by atoms with Gasteiger partial charge in [0.2, 0.25) is 0 Å². The number of ketones is 3. The molecule has 124 heavy (non-hydrogen) atoms. The maximum Gasteiger partial charge on any atom is 0.335 e. The largest absolute Gasteiger partial charge is 0.493 e. The average Bonchev–Trinajstić information content (AvgIpc) is 1.64. The van der Waals surface area contributed by atoms with E-state index in [1.807, 2.05) is 244 Å². The van der Waals surface area contributed by atoms with Gasteiger partial charge in [0.05, 0.1) is 62.6 Å². The molecule has 0 saturated heterocycles. The van der Waals surface area contributed by atoms with E-state index in [0.717, 1.165) is 120 Å². The Bertz CT molecular complexity index is 5570. The summed E-state index contributed by atoms with van der Waals surface area (Å²) >= 11 is 0. The predicted molar refractivity (Wildman–Crippen MR) is 499 cm³/mol. The summed E-state index contributed by atoms with van der Waals surface area (Å²) in [5.74, 6) is 3.64. The number of aldehydes is 1. The fraction of sp³-hybridized carbons (Fsp3) is 0.343. The number of nitrogens with zero attached hydrogens (tertiary/aromatic N) is 9. The van der Waals surface area contributed by atoms with Crippen LogP contribution in [-0.4, -0.2) is 147 Å². The van der Waals surface area contributed by atoms with Crippen molar-refractivity contribution in [2.24, 2.45) is 16.2 Å². The fourth-order valence-corrected chi connectivity index (χ4v) is 14.3. The van der Waals surface area contributed by atoms with E-state index in [2.05, 4.69) is 58.9 Å². The molecule has 0 radical (unpaired) electrons. The molecular weight excluding hydrogens is 1610 g/mol. The van der Waals surface area contributed by atoms with E-state index in [9.17, 15) is 34.2 Å². The maximum atomic E-state index is 11.8. The lowest BCUT2D eigenvalue weighted by Crippen LogP contribution is -2.28. The van der Waals surface area contributed by atoms with Crippen LogP contribution in [0.4, 0.5) is 0 Å². The Kier molecular flexibility index (Phi) is 32.2. The van der Waals surface area contributed by atoms with Crippen molar-refractivity contribution >= 4 is 53.8 Å². The summed E-state index contributed by atoms with van der Waals surface area (Å²) in [5, 5.41) is 19.0. The molecule has 0 unspecified atom stereocenters. The number of hydrogen-bond acceptors (Lipinski definition) is 18. The minimum absolute atomic E-state index is 0.0178. The topological polar surface area (TPSA) is 273 Å². The number of ether oxygens (including phenoxy) is 6. The smallest absolute Gasteiger partial charge is 0.335 e. The number of imidazole rings is 3. The molecule has 6 aromatic carbocycles. The van der Waals surface area contributed by atoms with Crippen LogP contribution in [0.5, 0.6) is 17.2 Å². The van der Waals surface area contributed by atoms with Crippen molar-refractivity contribution in [1.29, 1.82) is 0 Å². The summed E-state index contributed by atoms with van der Waals surface area (Å²) in [5.41, 5.74) is 12.7. The van der Waals surface area contributed by atoms with Gasteiger partial charge in [-0.05, 0) is 219 Å². The quantitative estimate of drug-likeness (QED) is 0.0206. The second-order valence-electron chi connectivity index (χ2n) is 36.8. The van der Waals surface area contributed by atoms with Crippen LogP contribution in [0.3, 0.4) is 0 Å². The Labute approximate surface area is 732 Å². The number of aromatic carboxylic acids is 1. The molecule has 0 atom stereocenters. The van der Waals surface area contributed by atoms with E-state index in [-0.39, 0.29) is 29.5 Å². The summed E-state index contributed by atoms with van der Waals surface area (Å²) < 4.78 is 41.7. The molecule has 0 saturated carbocycles. The molecule has 12 aromatic rings. The molecule has 6 heterocycles. The van der Waals surface area contributed by atoms with Gasteiger partial charge in [-0.15, -0.1) is 0 Å². The Morgan fingerprint density at radius 2 is 0.685 bits per heavy atom. The third kappa shape index (κ3) is 27.7. The third-order valence-corrected chi connectivity index (χ3v) is 26.4. The third-order valence-electron chi connectivity index (χ3n) is 21.3. The first kappa shape index (κ1) is 94.7. The van der Waals surface area contributed by atoms with Gasteiger partial charge in [0.25, 0.3) is 0 Å². The monoisotopic (exact) mass is 1730 g/mol. The molecule has 0 spiro atoms. The van der Waals surface area contributed by atoms with Crippen LogP contribution in [0.15, 0.2) is 219 Å². The molecule has 0 fully saturated rings. The first-order valence-electron chi connectivity index (χ1n) is 41.9. The van der Waals surface area contributed by atoms with Gasteiger partial charge in [0.15, 0.2) is 0 Å². The minimum atomic E-state index is -1.23. The zero-order valence-corrected chi connectivity index (χ0v) is 78.0. The minimum Gasteiger partial charge on any atom is -0.493 e. The van der Waals surface area contributed by atoms with Crippen molar-refractivity contribution in [3.8, 4) is 119 Å². The fourth-order valence-electron chi connectivity index (χ4n) is 12.0. The van der Waals surface area contributed by atoms with Crippen molar-refractivity contribution in [2.75, 3.05) is 39.6 Å². The molecule has 2 N–H and O–H groups in total. The number of carboxylic acid groups (broad SMARTS) is 1. The number of carboxylic acids is 1. The van der Waals surface area contributed by atoms with E-state index in [1.165, 1.54) is 0 Å². The van der Waals surface area contributed by atoms with Crippen LogP contribution < -0.4 is 14.2 Å². The highest BCUT2D eigenvalue weighted by Crippen LogP contribution is 2.35. The van der Waals surface area contributed by atoms with E-state index >= 15 is 0 Å². The Morgan fingerprint density at radius 1 is 0.379 bits per heavy atom. The molecule has 6 aromatic heterocycles. The normalized spacial score (nSPS) is 11.9. The van der Waals surface area contributed by atoms with Gasteiger partial charge >= 0.3 is 5.97 Å². The van der Waals surface area contributed by atoms with Crippen LogP contribution in [0.25, 0.3) is 102 Å². The summed E-state index contributed by atoms with van der Waals surface area (Å²) in [6.07, 6.45) is 12.1. The van der Waals surface area contributed by atoms with Crippen LogP contribution in [0.1, 0.15) is 88.6 Å². The van der Waals surface area contributed by atoms with E-state index in [0.29, 0.717) is 94.2 Å². The van der Waals surface area contributed by atoms with Crippen molar-refractivity contribution in [3.63, 3.8) is 0 Å². The number of carbonyl (C=O) groups excluding carboxylic acids is 4. The number of aliphatic hydroxyl groups is 1. The van der Waals surface area contributed by atoms with Crippen LogP contribution in [-0.2, 0) is 55.4 Å². The molecular formula is C99H119N9O13Si3. The average molecular weight is 1730 g/mol. The second-order valence-corrected chi connectivity index (χ2v) is 53.7. The highest BCUT2D eigenvalue weighted by molar-refractivity contribution is 6.76. The number of benzene rings is 6. The van der Waals surface area contributed by atoms with E-state index in [4.69, 9.17) is 58.3 Å². The van der Waals surface area contributed by atoms with Crippen molar-refractivity contribution in [3.05, 3.63) is 236 Å². The Morgan fingerprint density at radius 3 is 0.976 bits per heavy atom. The predicted octanol–water partition coefficient (Wildman–Crippen LogP) is 21.8. The Balaban J connectivity index is 0.000000195. The maximum absolute atomic E-state index is 11.8. The first-order chi connectivity index (χ1) is 58.7. The first-order valence-corrected chi connectivity index (χ1v) is 53.0. The molecule has 12 rings (SSSR count). The molecule has 22 nitrogen and oxygen atoms in total. The molecule has 0 aliphatic carbocycles. The van der Waals surface area contributed by atoms with Crippen LogP contribution >= 0.6 is 0 Å². The standard InChI is InChI=1S/C33H39N3O5Si.C33H41N3O4Si.C33H39N3O4Si/c1-23(37)33(2,3)21-41-28-13-10-24(11-14-28)29-15-12-27(19-34-29)31-35-30(25-8-7-9-26(18-25)32(38)39)20-36(31)22-40-16-17-42(4,5)6;2*1-24(38)33(2,3)22-40-29-13-10-26(11-14-29)30-15-12-28(19-34-30)32-35-31(27-9-7-8-25(18-27)21-37)20-36(32)23-39-16-17-41(4,5)6/h7-15,18-20H,16-17,21-22H2,1-6H3,(H,38,39);7-15,18-20,37H,16-17,21-23H2,1-6H3;7-15,18-21H,16-17,22-23H2,1-6H3. The van der Waals surface area contributed by atoms with Gasteiger partial charge in [-0.1, -0.05) is 107 Å². The molecule has 0 aliphatic heterocycles. The summed E-state index contributed by atoms with van der Waals surface area (Å²) in [6, 6.07) is 60.2. The zero-order valence-electron chi connectivity index (χ0n) is 75.0. The number of Topliss-reactive ketones (excluding diaryl/α,β-unsaturated/α-hetero) is 3. The SMILES string of the molecule is CC(=O)C(C)(C)COc1ccc(-c2ccc(-c3nc(-c4cccc(C(=O)O)c4)cn3COCC[Si](C)(C)C)cn2)cc1.CC(=O)C(C)(C)COc1ccc(-c2ccc(-c3nc(-c4cccc(C=O)c4)cn3COCC[Si](C)(C)C)cn2)cc1.CC(=O)C(C)(C)COc1ccc(-c2ccc(-c3nc(-c4cccc(CO)c4)cn3COCC[Si](C)(C)C)cn2)cc1. The zero-order chi connectivity index (χ0) is 89.7.